The zero-order valence-electron chi connectivity index (χ0n) is 6.00. The summed E-state index contributed by atoms with van der Waals surface area (Å²) < 4.78 is 4.58. The zero-order valence-corrected chi connectivity index (χ0v) is 6.00. The maximum absolute atomic E-state index is 10.9. The van der Waals surface area contributed by atoms with Gasteiger partial charge in [0.05, 0.1) is 5.92 Å². The van der Waals surface area contributed by atoms with Gasteiger partial charge in [0.25, 0.3) is 0 Å². The first-order valence-electron chi connectivity index (χ1n) is 3.43. The monoisotopic (exact) mass is 142 g/mol. The van der Waals surface area contributed by atoms with Crippen LogP contribution in [0, 0.1) is 17.3 Å². The minimum absolute atomic E-state index is 0.0191. The van der Waals surface area contributed by atoms with Crippen LogP contribution in [0.4, 0.5) is 0 Å². The molecule has 3 heteroatoms. The Morgan fingerprint density at radius 2 is 2.20 bits per heavy atom. The number of rotatable bonds is 0. The molecule has 2 aliphatic rings. The Morgan fingerprint density at radius 1 is 1.60 bits per heavy atom. The summed E-state index contributed by atoms with van der Waals surface area (Å²) in [5.74, 6) is -0.218. The normalized spacial score (nSPS) is 48.3. The number of hydrogen-bond acceptors (Lipinski definition) is 3. The van der Waals surface area contributed by atoms with Crippen LogP contribution in [0.15, 0.2) is 0 Å². The van der Waals surface area contributed by atoms with E-state index in [9.17, 15) is 4.79 Å². The molecule has 3 nitrogen and oxygen atoms in total. The summed E-state index contributed by atoms with van der Waals surface area (Å²) in [7, 11) is 0. The van der Waals surface area contributed by atoms with Gasteiger partial charge in [-0.05, 0) is 5.41 Å². The molecule has 0 spiro atoms. The van der Waals surface area contributed by atoms with Crippen LogP contribution in [0.3, 0.4) is 0 Å². The molecule has 0 radical (unpaired) electrons. The summed E-state index contributed by atoms with van der Waals surface area (Å²) in [6.45, 7) is 3.96. The highest BCUT2D eigenvalue weighted by Gasteiger charge is 2.71. The first kappa shape index (κ1) is 6.16. The van der Waals surface area contributed by atoms with Gasteiger partial charge in [0.15, 0.2) is 0 Å². The topological polar surface area (TPSA) is 46.5 Å². The van der Waals surface area contributed by atoms with E-state index in [-0.39, 0.29) is 23.2 Å². The van der Waals surface area contributed by atoms with Gasteiger partial charge in [0, 0.05) is 5.92 Å². The van der Waals surface area contributed by atoms with Crippen molar-refractivity contribution in [2.24, 2.45) is 17.3 Å². The van der Waals surface area contributed by atoms with Crippen molar-refractivity contribution in [3.05, 3.63) is 0 Å². The molecule has 1 saturated heterocycles. The van der Waals surface area contributed by atoms with Crippen molar-refractivity contribution in [2.75, 3.05) is 0 Å². The first-order valence-corrected chi connectivity index (χ1v) is 3.43. The van der Waals surface area contributed by atoms with Crippen LogP contribution in [0.2, 0.25) is 0 Å². The van der Waals surface area contributed by atoms with Gasteiger partial charge in [-0.25, -0.2) is 0 Å². The second-order valence-electron chi connectivity index (χ2n) is 3.65. The van der Waals surface area contributed by atoms with E-state index in [4.69, 9.17) is 5.11 Å². The lowest BCUT2D eigenvalue weighted by molar-refractivity contribution is -0.164. The molecule has 1 saturated carbocycles. The number of fused-ring (bicyclic) bond motifs is 1. The summed E-state index contributed by atoms with van der Waals surface area (Å²) in [5.41, 5.74) is -0.0191. The number of aliphatic hydroxyl groups is 1. The van der Waals surface area contributed by atoms with E-state index >= 15 is 0 Å². The maximum Gasteiger partial charge on any atom is 0.312 e. The van der Waals surface area contributed by atoms with Crippen LogP contribution < -0.4 is 0 Å². The highest BCUT2D eigenvalue weighted by Crippen LogP contribution is 2.63. The summed E-state index contributed by atoms with van der Waals surface area (Å²) in [6.07, 6.45) is -0.840. The maximum atomic E-state index is 10.9. The Morgan fingerprint density at radius 3 is 2.40 bits per heavy atom. The van der Waals surface area contributed by atoms with Gasteiger partial charge in [0.1, 0.15) is 0 Å². The van der Waals surface area contributed by atoms with Crippen LogP contribution in [0.5, 0.6) is 0 Å². The lowest BCUT2D eigenvalue weighted by Crippen LogP contribution is -2.18. The molecular weight excluding hydrogens is 132 g/mol. The first-order chi connectivity index (χ1) is 4.55. The predicted octanol–water partition coefficient (Wildman–Crippen LogP) is 0.134. The summed E-state index contributed by atoms with van der Waals surface area (Å²) in [6, 6.07) is 0. The summed E-state index contributed by atoms with van der Waals surface area (Å²) >= 11 is 0. The molecule has 1 aliphatic heterocycles. The largest absolute Gasteiger partial charge is 0.435 e. The van der Waals surface area contributed by atoms with Crippen molar-refractivity contribution in [1.82, 2.24) is 0 Å². The van der Waals surface area contributed by atoms with Crippen LogP contribution in [-0.2, 0) is 9.53 Å². The molecule has 1 aliphatic carbocycles. The molecule has 10 heavy (non-hydrogen) atoms. The minimum Gasteiger partial charge on any atom is -0.435 e. The number of carbonyl (C=O) groups excluding carboxylic acids is 1. The van der Waals surface area contributed by atoms with E-state index in [0.29, 0.717) is 0 Å². The van der Waals surface area contributed by atoms with Gasteiger partial charge < -0.3 is 9.84 Å². The molecule has 0 bridgehead atoms. The van der Waals surface area contributed by atoms with E-state index in [2.05, 4.69) is 4.74 Å². The van der Waals surface area contributed by atoms with E-state index in [0.717, 1.165) is 0 Å². The fourth-order valence-electron chi connectivity index (χ4n) is 1.93. The molecule has 1 heterocycles. The minimum atomic E-state index is -0.840. The Bertz CT molecular complexity index is 197. The zero-order chi connectivity index (χ0) is 7.52. The lowest BCUT2D eigenvalue weighted by atomic mass is 10.1. The molecule has 0 aromatic heterocycles. The molecule has 0 aromatic rings. The van der Waals surface area contributed by atoms with Crippen LogP contribution in [0.25, 0.3) is 0 Å². The lowest BCUT2D eigenvalue weighted by Gasteiger charge is -2.11. The van der Waals surface area contributed by atoms with Gasteiger partial charge in [-0.2, -0.15) is 0 Å². The Labute approximate surface area is 59.0 Å². The standard InChI is InChI=1S/C7H10O3/c1-7(2)3-4(7)6(9)10-5(3)8/h3-5,8H,1-2H3/t3?,4?,5-/m0/s1. The smallest absolute Gasteiger partial charge is 0.312 e. The average Bonchev–Trinajstić information content (AvgIpc) is 2.17. The Kier molecular flexibility index (Phi) is 0.844. The molecule has 3 atom stereocenters. The van der Waals surface area contributed by atoms with Crippen molar-refractivity contribution in [1.29, 1.82) is 0 Å². The number of cyclic esters (lactones) is 1. The van der Waals surface area contributed by atoms with Crippen molar-refractivity contribution in [3.8, 4) is 0 Å². The highest BCUT2D eigenvalue weighted by atomic mass is 16.6. The SMILES string of the molecule is CC1(C)C2C(=O)O[C@H](O)C21. The van der Waals surface area contributed by atoms with Crippen molar-refractivity contribution in [2.45, 2.75) is 20.1 Å². The molecule has 2 fully saturated rings. The average molecular weight is 142 g/mol. The van der Waals surface area contributed by atoms with Gasteiger partial charge in [-0.1, -0.05) is 13.8 Å². The Balaban J connectivity index is 2.25. The van der Waals surface area contributed by atoms with Gasteiger partial charge in [0.2, 0.25) is 6.29 Å². The molecule has 0 aromatic carbocycles. The molecule has 1 N–H and O–H groups in total. The fraction of sp³-hybridized carbons (Fsp3) is 0.857. The van der Waals surface area contributed by atoms with E-state index in [1.165, 1.54) is 0 Å². The van der Waals surface area contributed by atoms with Crippen molar-refractivity contribution >= 4 is 5.97 Å². The molecule has 0 amide bonds. The number of hydrogen-bond donors (Lipinski definition) is 1. The van der Waals surface area contributed by atoms with Crippen LogP contribution in [-0.4, -0.2) is 17.4 Å². The number of esters is 1. The van der Waals surface area contributed by atoms with Crippen molar-refractivity contribution < 1.29 is 14.6 Å². The predicted molar refractivity (Wildman–Crippen MR) is 32.9 cm³/mol. The highest BCUT2D eigenvalue weighted by molar-refractivity contribution is 5.80. The Hall–Kier alpha value is -0.570. The summed E-state index contributed by atoms with van der Waals surface area (Å²) in [5, 5.41) is 9.10. The second kappa shape index (κ2) is 1.37. The fourth-order valence-corrected chi connectivity index (χ4v) is 1.93. The van der Waals surface area contributed by atoms with Gasteiger partial charge in [-0.3, -0.25) is 4.79 Å². The van der Waals surface area contributed by atoms with Crippen LogP contribution in [0.1, 0.15) is 13.8 Å². The van der Waals surface area contributed by atoms with E-state index < -0.39 is 6.29 Å². The molecule has 2 rings (SSSR count). The van der Waals surface area contributed by atoms with Crippen LogP contribution >= 0.6 is 0 Å². The third-order valence-corrected chi connectivity index (χ3v) is 2.71. The van der Waals surface area contributed by atoms with Gasteiger partial charge in [-0.15, -0.1) is 0 Å². The molecule has 56 valence electrons. The molecule has 2 unspecified atom stereocenters. The second-order valence-corrected chi connectivity index (χ2v) is 3.65. The number of carbonyl (C=O) groups is 1. The van der Waals surface area contributed by atoms with E-state index in [1.807, 2.05) is 13.8 Å². The number of ether oxygens (including phenoxy) is 1. The molecular formula is C7H10O3. The third kappa shape index (κ3) is 0.475. The van der Waals surface area contributed by atoms with Gasteiger partial charge >= 0.3 is 5.97 Å². The third-order valence-electron chi connectivity index (χ3n) is 2.71. The van der Waals surface area contributed by atoms with E-state index in [1.54, 1.807) is 0 Å². The number of aliphatic hydroxyl groups excluding tert-OH is 1. The quantitative estimate of drug-likeness (QED) is 0.489. The summed E-state index contributed by atoms with van der Waals surface area (Å²) in [4.78, 5) is 10.9. The van der Waals surface area contributed by atoms with Crippen molar-refractivity contribution in [3.63, 3.8) is 0 Å².